The van der Waals surface area contributed by atoms with Crippen molar-refractivity contribution in [2.45, 2.75) is 39.7 Å². The van der Waals surface area contributed by atoms with E-state index in [0.29, 0.717) is 25.4 Å². The van der Waals surface area contributed by atoms with Gasteiger partial charge in [-0.1, -0.05) is 0 Å². The molecule has 0 aromatic heterocycles. The number of benzene rings is 1. The molecule has 124 valence electrons. The van der Waals surface area contributed by atoms with Gasteiger partial charge in [0, 0.05) is 36.6 Å². The second-order valence-corrected chi connectivity index (χ2v) is 5.93. The van der Waals surface area contributed by atoms with Crippen LogP contribution in [0.3, 0.4) is 0 Å². The molecule has 1 aromatic rings. The number of nitrogen functional groups attached to an aromatic ring is 1. The maximum Gasteiger partial charge on any atom is 0.407 e. The zero-order valence-corrected chi connectivity index (χ0v) is 13.9. The number of ether oxygens (including phenoxy) is 2. The third kappa shape index (κ3) is 7.61. The fourth-order valence-corrected chi connectivity index (χ4v) is 1.80. The molecule has 0 spiro atoms. The van der Waals surface area contributed by atoms with E-state index in [1.807, 2.05) is 39.8 Å². The number of nitrogens with two attached hydrogens (primary N) is 1. The van der Waals surface area contributed by atoms with Crippen molar-refractivity contribution in [3.05, 3.63) is 18.2 Å². The van der Waals surface area contributed by atoms with Crippen molar-refractivity contribution >= 4 is 17.5 Å². The minimum absolute atomic E-state index is 0.393. The number of hydrogen-bond donors (Lipinski definition) is 3. The van der Waals surface area contributed by atoms with Crippen LogP contribution in [0.15, 0.2) is 18.2 Å². The van der Waals surface area contributed by atoms with Gasteiger partial charge >= 0.3 is 6.09 Å². The van der Waals surface area contributed by atoms with Crippen molar-refractivity contribution in [2.75, 3.05) is 30.7 Å². The minimum Gasteiger partial charge on any atom is -0.494 e. The van der Waals surface area contributed by atoms with Crippen LogP contribution >= 0.6 is 0 Å². The average Bonchev–Trinajstić information content (AvgIpc) is 2.36. The van der Waals surface area contributed by atoms with Crippen molar-refractivity contribution in [3.8, 4) is 5.75 Å². The molecule has 22 heavy (non-hydrogen) atoms. The summed E-state index contributed by atoms with van der Waals surface area (Å²) in [6, 6.07) is 5.55. The van der Waals surface area contributed by atoms with Crippen LogP contribution in [-0.2, 0) is 4.74 Å². The smallest absolute Gasteiger partial charge is 0.407 e. The molecule has 0 bridgehead atoms. The molecule has 6 nitrogen and oxygen atoms in total. The summed E-state index contributed by atoms with van der Waals surface area (Å²) < 4.78 is 10.6. The van der Waals surface area contributed by atoms with E-state index < -0.39 is 11.7 Å². The first-order valence-corrected chi connectivity index (χ1v) is 7.54. The van der Waals surface area contributed by atoms with Gasteiger partial charge in [-0.2, -0.15) is 0 Å². The Morgan fingerprint density at radius 2 is 1.95 bits per heavy atom. The molecule has 0 aliphatic carbocycles. The molecular weight excluding hydrogens is 282 g/mol. The van der Waals surface area contributed by atoms with Gasteiger partial charge in [0.1, 0.15) is 11.4 Å². The molecule has 0 unspecified atom stereocenters. The van der Waals surface area contributed by atoms with E-state index >= 15 is 0 Å². The number of hydrogen-bond acceptors (Lipinski definition) is 5. The highest BCUT2D eigenvalue weighted by Gasteiger charge is 2.15. The lowest BCUT2D eigenvalue weighted by molar-refractivity contribution is 0.0528. The highest BCUT2D eigenvalue weighted by Crippen LogP contribution is 2.22. The fourth-order valence-electron chi connectivity index (χ4n) is 1.80. The van der Waals surface area contributed by atoms with E-state index in [-0.39, 0.29) is 0 Å². The molecule has 0 aliphatic heterocycles. The zero-order chi connectivity index (χ0) is 16.6. The van der Waals surface area contributed by atoms with Crippen LogP contribution in [0.5, 0.6) is 5.75 Å². The highest BCUT2D eigenvalue weighted by atomic mass is 16.6. The van der Waals surface area contributed by atoms with E-state index in [1.54, 1.807) is 6.07 Å². The summed E-state index contributed by atoms with van der Waals surface area (Å²) >= 11 is 0. The van der Waals surface area contributed by atoms with Gasteiger partial charge in [-0.15, -0.1) is 0 Å². The Hall–Kier alpha value is -2.11. The molecule has 1 aromatic carbocycles. The lowest BCUT2D eigenvalue weighted by Gasteiger charge is -2.19. The first kappa shape index (κ1) is 17.9. The molecule has 1 rings (SSSR count). The largest absolute Gasteiger partial charge is 0.494 e. The molecule has 0 saturated heterocycles. The first-order valence-electron chi connectivity index (χ1n) is 7.54. The van der Waals surface area contributed by atoms with Gasteiger partial charge in [0.15, 0.2) is 0 Å². The summed E-state index contributed by atoms with van der Waals surface area (Å²) in [4.78, 5) is 11.5. The van der Waals surface area contributed by atoms with Crippen LogP contribution < -0.4 is 21.1 Å². The second kappa shape index (κ2) is 8.36. The summed E-state index contributed by atoms with van der Waals surface area (Å²) in [5.41, 5.74) is 6.91. The van der Waals surface area contributed by atoms with Gasteiger partial charge in [-0.3, -0.25) is 0 Å². The quantitative estimate of drug-likeness (QED) is 0.532. The molecule has 0 radical (unpaired) electrons. The SMILES string of the molecule is CCOc1cc(N)cc(NCCCNC(=O)OC(C)(C)C)c1. The molecule has 4 N–H and O–H groups in total. The Kier molecular flexibility index (Phi) is 6.82. The third-order valence-corrected chi connectivity index (χ3v) is 2.59. The molecule has 6 heteroatoms. The molecule has 1 amide bonds. The Morgan fingerprint density at radius 1 is 1.23 bits per heavy atom. The molecule has 0 fully saturated rings. The zero-order valence-electron chi connectivity index (χ0n) is 13.9. The third-order valence-electron chi connectivity index (χ3n) is 2.59. The topological polar surface area (TPSA) is 85.6 Å². The summed E-state index contributed by atoms with van der Waals surface area (Å²) in [5.74, 6) is 0.747. The minimum atomic E-state index is -0.473. The number of nitrogens with one attached hydrogen (secondary N) is 2. The Labute approximate surface area is 132 Å². The standard InChI is InChI=1S/C16H27N3O3/c1-5-21-14-10-12(17)9-13(11-14)18-7-6-8-19-15(20)22-16(2,3)4/h9-11,18H,5-8,17H2,1-4H3,(H,19,20). The Morgan fingerprint density at radius 3 is 2.59 bits per heavy atom. The second-order valence-electron chi connectivity index (χ2n) is 5.93. The molecule has 0 atom stereocenters. The number of anilines is 2. The van der Waals surface area contributed by atoms with Gasteiger partial charge in [0.05, 0.1) is 6.61 Å². The number of rotatable bonds is 7. The van der Waals surface area contributed by atoms with Gasteiger partial charge < -0.3 is 25.8 Å². The first-order chi connectivity index (χ1) is 10.3. The number of amides is 1. The van der Waals surface area contributed by atoms with Crippen LogP contribution in [-0.4, -0.2) is 31.4 Å². The van der Waals surface area contributed by atoms with Crippen molar-refractivity contribution < 1.29 is 14.3 Å². The fraction of sp³-hybridized carbons (Fsp3) is 0.562. The van der Waals surface area contributed by atoms with Crippen LogP contribution in [0.25, 0.3) is 0 Å². The monoisotopic (exact) mass is 309 g/mol. The summed E-state index contributed by atoms with van der Waals surface area (Å²) in [5, 5.41) is 5.97. The van der Waals surface area contributed by atoms with Crippen molar-refractivity contribution in [3.63, 3.8) is 0 Å². The van der Waals surface area contributed by atoms with Crippen LogP contribution in [0.1, 0.15) is 34.1 Å². The molecule has 0 heterocycles. The number of carbonyl (C=O) groups is 1. The van der Waals surface area contributed by atoms with Gasteiger partial charge in [0.25, 0.3) is 0 Å². The van der Waals surface area contributed by atoms with Crippen molar-refractivity contribution in [2.24, 2.45) is 0 Å². The van der Waals surface area contributed by atoms with E-state index in [4.69, 9.17) is 15.2 Å². The predicted octanol–water partition coefficient (Wildman–Crippen LogP) is 2.99. The van der Waals surface area contributed by atoms with Gasteiger partial charge in [0.2, 0.25) is 0 Å². The van der Waals surface area contributed by atoms with E-state index in [1.165, 1.54) is 0 Å². The van der Waals surface area contributed by atoms with Gasteiger partial charge in [-0.25, -0.2) is 4.79 Å². The predicted molar refractivity (Wildman–Crippen MR) is 89.4 cm³/mol. The lowest BCUT2D eigenvalue weighted by Crippen LogP contribution is -2.33. The van der Waals surface area contributed by atoms with Gasteiger partial charge in [-0.05, 0) is 40.2 Å². The molecule has 0 saturated carbocycles. The van der Waals surface area contributed by atoms with Crippen LogP contribution in [0.4, 0.5) is 16.2 Å². The van der Waals surface area contributed by atoms with E-state index in [9.17, 15) is 4.79 Å². The Balaban J connectivity index is 2.29. The van der Waals surface area contributed by atoms with E-state index in [0.717, 1.165) is 17.9 Å². The van der Waals surface area contributed by atoms with Crippen LogP contribution in [0.2, 0.25) is 0 Å². The molecule has 0 aliphatic rings. The van der Waals surface area contributed by atoms with Crippen molar-refractivity contribution in [1.29, 1.82) is 0 Å². The van der Waals surface area contributed by atoms with E-state index in [2.05, 4.69) is 10.6 Å². The van der Waals surface area contributed by atoms with Crippen molar-refractivity contribution in [1.82, 2.24) is 5.32 Å². The summed E-state index contributed by atoms with van der Waals surface area (Å²) in [6.07, 6.45) is 0.382. The Bertz CT molecular complexity index is 484. The molecular formula is C16H27N3O3. The summed E-state index contributed by atoms with van der Waals surface area (Å²) in [6.45, 7) is 9.30. The highest BCUT2D eigenvalue weighted by molar-refractivity contribution is 5.67. The maximum atomic E-state index is 11.5. The summed E-state index contributed by atoms with van der Waals surface area (Å²) in [7, 11) is 0. The average molecular weight is 309 g/mol. The normalized spacial score (nSPS) is 10.9. The maximum absolute atomic E-state index is 11.5. The number of carbonyl (C=O) groups excluding carboxylic acids is 1. The number of alkyl carbamates (subject to hydrolysis) is 1. The van der Waals surface area contributed by atoms with Crippen LogP contribution in [0, 0.1) is 0 Å². The lowest BCUT2D eigenvalue weighted by atomic mass is 10.2.